The molecule has 6 rings (SSSR count). The molecule has 0 saturated carbocycles. The first-order valence-corrected chi connectivity index (χ1v) is 17.4. The Labute approximate surface area is 297 Å². The summed E-state index contributed by atoms with van der Waals surface area (Å²) in [5, 5.41) is 0. The Hall–Kier alpha value is -5.61. The van der Waals surface area contributed by atoms with E-state index in [1.165, 1.54) is 11.1 Å². The number of ether oxygens (including phenoxy) is 1. The van der Waals surface area contributed by atoms with Crippen molar-refractivity contribution in [2.75, 3.05) is 9.80 Å². The Morgan fingerprint density at radius 2 is 1.10 bits per heavy atom. The number of hydrogen-bond donors (Lipinski definition) is 0. The van der Waals surface area contributed by atoms with E-state index in [2.05, 4.69) is 176 Å². The lowest BCUT2D eigenvalue weighted by Crippen LogP contribution is -2.25. The number of hydrogen-bond acceptors (Lipinski definition) is 4. The van der Waals surface area contributed by atoms with E-state index < -0.39 is 5.41 Å². The normalized spacial score (nSPS) is 11.2. The lowest BCUT2D eigenvalue weighted by atomic mass is 9.91. The van der Waals surface area contributed by atoms with Crippen LogP contribution in [0.1, 0.15) is 49.4 Å². The van der Waals surface area contributed by atoms with Crippen molar-refractivity contribution in [1.82, 2.24) is 0 Å². The third-order valence-electron chi connectivity index (χ3n) is 9.59. The highest BCUT2D eigenvalue weighted by Gasteiger charge is 2.27. The summed E-state index contributed by atoms with van der Waals surface area (Å²) in [5.41, 5.74) is 12.9. The molecule has 6 aromatic carbocycles. The van der Waals surface area contributed by atoms with Gasteiger partial charge in [-0.25, -0.2) is 0 Å². The molecule has 6 aromatic rings. The average Bonchev–Trinajstić information content (AvgIpc) is 3.13. The molecule has 252 valence electrons. The number of carbonyl (C=O) groups excluding carboxylic acids is 1. The molecule has 0 unspecified atom stereocenters. The minimum atomic E-state index is -0.492. The standard InChI is InChI=1S/C46H46N2O2/c1-7-46(5,6)45(49)50-32-38-24-29-43(31-35(38)4)47(42-18-13-14-33(2)30-42)40-25-20-36(21-26-40)37-22-27-41(28-23-37)48(39-16-9-8-10-17-39)44-19-12-11-15-34(44)3/h8-31H,7,32H2,1-6H3. The molecule has 4 heteroatoms. The van der Waals surface area contributed by atoms with Crippen LogP contribution < -0.4 is 9.80 Å². The molecule has 0 atom stereocenters. The average molecular weight is 659 g/mol. The molecule has 0 amide bonds. The summed E-state index contributed by atoms with van der Waals surface area (Å²) in [5.74, 6) is -0.167. The Balaban J connectivity index is 1.28. The molecule has 0 aliphatic heterocycles. The number of nitrogens with zero attached hydrogens (tertiary/aromatic N) is 2. The van der Waals surface area contributed by atoms with Crippen molar-refractivity contribution < 1.29 is 9.53 Å². The van der Waals surface area contributed by atoms with Crippen molar-refractivity contribution in [1.29, 1.82) is 0 Å². The quantitative estimate of drug-likeness (QED) is 0.130. The van der Waals surface area contributed by atoms with E-state index in [9.17, 15) is 4.79 Å². The molecule has 0 radical (unpaired) electrons. The van der Waals surface area contributed by atoms with Crippen LogP contribution in [0.5, 0.6) is 0 Å². The van der Waals surface area contributed by atoms with Crippen molar-refractivity contribution in [2.24, 2.45) is 5.41 Å². The molecule has 0 bridgehead atoms. The summed E-state index contributed by atoms with van der Waals surface area (Å²) >= 11 is 0. The first-order valence-electron chi connectivity index (χ1n) is 17.4. The summed E-state index contributed by atoms with van der Waals surface area (Å²) in [7, 11) is 0. The van der Waals surface area contributed by atoms with Crippen molar-refractivity contribution in [2.45, 2.75) is 54.6 Å². The van der Waals surface area contributed by atoms with Crippen LogP contribution in [-0.4, -0.2) is 5.97 Å². The monoisotopic (exact) mass is 658 g/mol. The van der Waals surface area contributed by atoms with Crippen LogP contribution in [-0.2, 0) is 16.1 Å². The second-order valence-electron chi connectivity index (χ2n) is 13.6. The number of esters is 1. The zero-order chi connectivity index (χ0) is 35.3. The summed E-state index contributed by atoms with van der Waals surface area (Å²) in [6.07, 6.45) is 0.736. The van der Waals surface area contributed by atoms with Gasteiger partial charge in [-0.05, 0) is 141 Å². The Morgan fingerprint density at radius 3 is 1.70 bits per heavy atom. The van der Waals surface area contributed by atoms with E-state index in [1.807, 2.05) is 20.8 Å². The summed E-state index contributed by atoms with van der Waals surface area (Å²) in [6, 6.07) is 51.5. The van der Waals surface area contributed by atoms with Gasteiger partial charge in [0.1, 0.15) is 6.61 Å². The van der Waals surface area contributed by atoms with Gasteiger partial charge in [0.05, 0.1) is 5.41 Å². The van der Waals surface area contributed by atoms with E-state index >= 15 is 0 Å². The highest BCUT2D eigenvalue weighted by molar-refractivity contribution is 5.82. The number of anilines is 6. The summed E-state index contributed by atoms with van der Waals surface area (Å²) < 4.78 is 5.72. The number of para-hydroxylation sites is 2. The van der Waals surface area contributed by atoms with E-state index in [4.69, 9.17) is 4.74 Å². The van der Waals surface area contributed by atoms with Crippen LogP contribution in [0.2, 0.25) is 0 Å². The molecular weight excluding hydrogens is 613 g/mol. The van der Waals surface area contributed by atoms with Crippen molar-refractivity contribution >= 4 is 40.1 Å². The third kappa shape index (κ3) is 7.50. The SMILES string of the molecule is CCC(C)(C)C(=O)OCc1ccc(N(c2ccc(-c3ccc(N(c4ccccc4)c4ccccc4C)cc3)cc2)c2cccc(C)c2)cc1C. The number of aryl methyl sites for hydroxylation is 3. The first-order chi connectivity index (χ1) is 24.1. The Morgan fingerprint density at radius 1 is 0.560 bits per heavy atom. The molecule has 0 spiro atoms. The van der Waals surface area contributed by atoms with E-state index in [-0.39, 0.29) is 12.6 Å². The van der Waals surface area contributed by atoms with Gasteiger partial charge in [-0.15, -0.1) is 0 Å². The molecule has 0 aromatic heterocycles. The van der Waals surface area contributed by atoms with Gasteiger partial charge in [0.2, 0.25) is 0 Å². The molecule has 4 nitrogen and oxygen atoms in total. The highest BCUT2D eigenvalue weighted by Crippen LogP contribution is 2.39. The van der Waals surface area contributed by atoms with Gasteiger partial charge in [-0.2, -0.15) is 0 Å². The van der Waals surface area contributed by atoms with Gasteiger partial charge >= 0.3 is 5.97 Å². The lowest BCUT2D eigenvalue weighted by molar-refractivity contribution is -0.155. The van der Waals surface area contributed by atoms with Gasteiger partial charge in [0.15, 0.2) is 0 Å². The number of rotatable bonds is 11. The molecule has 0 N–H and O–H groups in total. The van der Waals surface area contributed by atoms with Gasteiger partial charge in [0.25, 0.3) is 0 Å². The smallest absolute Gasteiger partial charge is 0.311 e. The fourth-order valence-corrected chi connectivity index (χ4v) is 6.10. The zero-order valence-corrected chi connectivity index (χ0v) is 30.0. The predicted molar refractivity (Wildman–Crippen MR) is 209 cm³/mol. The molecule has 0 aliphatic carbocycles. The van der Waals surface area contributed by atoms with Crippen LogP contribution >= 0.6 is 0 Å². The lowest BCUT2D eigenvalue weighted by Gasteiger charge is -2.27. The van der Waals surface area contributed by atoms with Crippen LogP contribution in [0.4, 0.5) is 34.1 Å². The maximum atomic E-state index is 12.6. The second-order valence-corrected chi connectivity index (χ2v) is 13.6. The van der Waals surface area contributed by atoms with Crippen molar-refractivity contribution in [3.05, 3.63) is 168 Å². The van der Waals surface area contributed by atoms with Gasteiger partial charge in [-0.3, -0.25) is 4.79 Å². The van der Waals surface area contributed by atoms with Crippen LogP contribution in [0.25, 0.3) is 11.1 Å². The summed E-state index contributed by atoms with van der Waals surface area (Å²) in [4.78, 5) is 17.2. The predicted octanol–water partition coefficient (Wildman–Crippen LogP) is 12.7. The van der Waals surface area contributed by atoms with Crippen LogP contribution in [0, 0.1) is 26.2 Å². The molecule has 0 aliphatic rings. The largest absolute Gasteiger partial charge is 0.460 e. The minimum Gasteiger partial charge on any atom is -0.460 e. The molecule has 0 fully saturated rings. The molecule has 50 heavy (non-hydrogen) atoms. The number of benzene rings is 6. The van der Waals surface area contributed by atoms with E-state index in [0.29, 0.717) is 0 Å². The number of carbonyl (C=O) groups is 1. The van der Waals surface area contributed by atoms with Crippen molar-refractivity contribution in [3.63, 3.8) is 0 Å². The Kier molecular flexibility index (Phi) is 10.2. The fourth-order valence-electron chi connectivity index (χ4n) is 6.10. The summed E-state index contributed by atoms with van der Waals surface area (Å²) in [6.45, 7) is 12.5. The minimum absolute atomic E-state index is 0.167. The molecule has 0 saturated heterocycles. The second kappa shape index (κ2) is 14.9. The van der Waals surface area contributed by atoms with Crippen molar-refractivity contribution in [3.8, 4) is 11.1 Å². The fraction of sp³-hybridized carbons (Fsp3) is 0.196. The topological polar surface area (TPSA) is 32.8 Å². The first kappa shape index (κ1) is 34.3. The highest BCUT2D eigenvalue weighted by atomic mass is 16.5. The maximum absolute atomic E-state index is 12.6. The van der Waals surface area contributed by atoms with Gasteiger partial charge < -0.3 is 14.5 Å². The van der Waals surface area contributed by atoms with Gasteiger partial charge in [-0.1, -0.05) is 85.8 Å². The maximum Gasteiger partial charge on any atom is 0.311 e. The molecule has 0 heterocycles. The zero-order valence-electron chi connectivity index (χ0n) is 30.0. The van der Waals surface area contributed by atoms with E-state index in [1.54, 1.807) is 0 Å². The van der Waals surface area contributed by atoms with Crippen LogP contribution in [0.3, 0.4) is 0 Å². The van der Waals surface area contributed by atoms with Crippen LogP contribution in [0.15, 0.2) is 146 Å². The Bertz CT molecular complexity index is 2070. The van der Waals surface area contributed by atoms with E-state index in [0.717, 1.165) is 62.8 Å². The van der Waals surface area contributed by atoms with Gasteiger partial charge in [0, 0.05) is 34.1 Å². The molecular formula is C46H46N2O2. The third-order valence-corrected chi connectivity index (χ3v) is 9.59.